The van der Waals surface area contributed by atoms with Gasteiger partial charge in [0.1, 0.15) is 0 Å². The highest BCUT2D eigenvalue weighted by molar-refractivity contribution is 5.95. The van der Waals surface area contributed by atoms with Gasteiger partial charge in [-0.15, -0.1) is 0 Å². The molecular weight excluding hydrogens is 190 g/mol. The molecule has 0 aliphatic carbocycles. The maximum atomic E-state index is 11.6. The van der Waals surface area contributed by atoms with Gasteiger partial charge in [-0.25, -0.2) is 0 Å². The van der Waals surface area contributed by atoms with Gasteiger partial charge in [-0.1, -0.05) is 6.92 Å². The van der Waals surface area contributed by atoms with E-state index in [0.29, 0.717) is 18.7 Å². The largest absolute Gasteiger partial charge is 0.352 e. The van der Waals surface area contributed by atoms with Gasteiger partial charge in [-0.3, -0.25) is 9.78 Å². The quantitative estimate of drug-likeness (QED) is 0.755. The molecule has 1 heterocycles. The van der Waals surface area contributed by atoms with Gasteiger partial charge in [0.25, 0.3) is 5.91 Å². The number of nitrogens with zero attached hydrogens (tertiary/aromatic N) is 1. The summed E-state index contributed by atoms with van der Waals surface area (Å²) in [5.74, 6) is -0.0569. The molecule has 1 rings (SSSR count). The Morgan fingerprint density at radius 2 is 2.20 bits per heavy atom. The number of nitrogens with one attached hydrogen (secondary N) is 2. The standard InChI is InChI=1S/C11H17N3O/c1-3-12-7-9-5-6-13-8-10(9)11(15)14-4-2/h5-6,8,12H,3-4,7H2,1-2H3,(H,14,15). The van der Waals surface area contributed by atoms with Gasteiger partial charge in [0.15, 0.2) is 0 Å². The molecule has 4 nitrogen and oxygen atoms in total. The summed E-state index contributed by atoms with van der Waals surface area (Å²) in [5, 5.41) is 5.97. The molecule has 0 aromatic carbocycles. The van der Waals surface area contributed by atoms with E-state index in [1.807, 2.05) is 19.9 Å². The Morgan fingerprint density at radius 3 is 2.87 bits per heavy atom. The van der Waals surface area contributed by atoms with Gasteiger partial charge >= 0.3 is 0 Å². The van der Waals surface area contributed by atoms with Crippen LogP contribution in [0, 0.1) is 0 Å². The van der Waals surface area contributed by atoms with Crippen LogP contribution >= 0.6 is 0 Å². The Kier molecular flexibility index (Phi) is 4.77. The first kappa shape index (κ1) is 11.7. The van der Waals surface area contributed by atoms with Crippen molar-refractivity contribution in [3.05, 3.63) is 29.6 Å². The van der Waals surface area contributed by atoms with Crippen LogP contribution in [0.5, 0.6) is 0 Å². The summed E-state index contributed by atoms with van der Waals surface area (Å²) in [6.45, 7) is 6.15. The van der Waals surface area contributed by atoms with E-state index in [-0.39, 0.29) is 5.91 Å². The number of amides is 1. The molecule has 1 aromatic rings. The summed E-state index contributed by atoms with van der Waals surface area (Å²) in [6, 6.07) is 1.87. The van der Waals surface area contributed by atoms with Gasteiger partial charge in [-0.2, -0.15) is 0 Å². The second-order valence-electron chi connectivity index (χ2n) is 3.17. The predicted molar refractivity (Wildman–Crippen MR) is 59.6 cm³/mol. The number of hydrogen-bond acceptors (Lipinski definition) is 3. The maximum absolute atomic E-state index is 11.6. The van der Waals surface area contributed by atoms with Crippen LogP contribution in [0.25, 0.3) is 0 Å². The van der Waals surface area contributed by atoms with Crippen LogP contribution < -0.4 is 10.6 Å². The van der Waals surface area contributed by atoms with Gasteiger partial charge in [0.2, 0.25) is 0 Å². The van der Waals surface area contributed by atoms with Crippen molar-refractivity contribution in [3.8, 4) is 0 Å². The first-order valence-corrected chi connectivity index (χ1v) is 5.21. The van der Waals surface area contributed by atoms with Crippen molar-refractivity contribution in [2.75, 3.05) is 13.1 Å². The lowest BCUT2D eigenvalue weighted by Gasteiger charge is -2.08. The summed E-state index contributed by atoms with van der Waals surface area (Å²) in [4.78, 5) is 15.6. The van der Waals surface area contributed by atoms with E-state index < -0.39 is 0 Å². The molecule has 0 aliphatic rings. The summed E-state index contributed by atoms with van der Waals surface area (Å²) < 4.78 is 0. The lowest BCUT2D eigenvalue weighted by atomic mass is 10.1. The molecular formula is C11H17N3O. The lowest BCUT2D eigenvalue weighted by Crippen LogP contribution is -2.25. The monoisotopic (exact) mass is 207 g/mol. The third-order valence-corrected chi connectivity index (χ3v) is 2.06. The lowest BCUT2D eigenvalue weighted by molar-refractivity contribution is 0.0954. The molecule has 0 radical (unpaired) electrons. The number of carbonyl (C=O) groups is 1. The van der Waals surface area contributed by atoms with Crippen LogP contribution in [-0.4, -0.2) is 24.0 Å². The fraction of sp³-hybridized carbons (Fsp3) is 0.455. The van der Waals surface area contributed by atoms with Gasteiger partial charge in [-0.05, 0) is 25.1 Å². The molecule has 0 saturated heterocycles. The van der Waals surface area contributed by atoms with Crippen molar-refractivity contribution >= 4 is 5.91 Å². The fourth-order valence-electron chi connectivity index (χ4n) is 1.30. The molecule has 4 heteroatoms. The number of rotatable bonds is 5. The van der Waals surface area contributed by atoms with E-state index in [4.69, 9.17) is 0 Å². The average Bonchev–Trinajstić information content (AvgIpc) is 2.27. The highest BCUT2D eigenvalue weighted by Crippen LogP contribution is 2.06. The normalized spacial score (nSPS) is 10.0. The molecule has 2 N–H and O–H groups in total. The van der Waals surface area contributed by atoms with Gasteiger partial charge in [0.05, 0.1) is 5.56 Å². The Hall–Kier alpha value is -1.42. The molecule has 82 valence electrons. The zero-order valence-corrected chi connectivity index (χ0v) is 9.21. The van der Waals surface area contributed by atoms with Crippen LogP contribution in [0.3, 0.4) is 0 Å². The molecule has 1 amide bonds. The number of pyridine rings is 1. The second-order valence-corrected chi connectivity index (χ2v) is 3.17. The van der Waals surface area contributed by atoms with E-state index in [9.17, 15) is 4.79 Å². The summed E-state index contributed by atoms with van der Waals surface area (Å²) in [7, 11) is 0. The minimum atomic E-state index is -0.0569. The van der Waals surface area contributed by atoms with Crippen LogP contribution in [0.4, 0.5) is 0 Å². The molecule has 0 fully saturated rings. The third-order valence-electron chi connectivity index (χ3n) is 2.06. The van der Waals surface area contributed by atoms with Crippen LogP contribution in [0.2, 0.25) is 0 Å². The van der Waals surface area contributed by atoms with Crippen molar-refractivity contribution in [1.29, 1.82) is 0 Å². The van der Waals surface area contributed by atoms with Crippen molar-refractivity contribution in [3.63, 3.8) is 0 Å². The average molecular weight is 207 g/mol. The van der Waals surface area contributed by atoms with Crippen LogP contribution in [-0.2, 0) is 6.54 Å². The Morgan fingerprint density at radius 1 is 1.40 bits per heavy atom. The van der Waals surface area contributed by atoms with Crippen LogP contribution in [0.15, 0.2) is 18.5 Å². The van der Waals surface area contributed by atoms with Crippen molar-refractivity contribution in [2.24, 2.45) is 0 Å². The molecule has 0 atom stereocenters. The first-order valence-electron chi connectivity index (χ1n) is 5.21. The predicted octanol–water partition coefficient (Wildman–Crippen LogP) is 0.941. The highest BCUT2D eigenvalue weighted by atomic mass is 16.1. The third kappa shape index (κ3) is 3.32. The number of hydrogen-bond donors (Lipinski definition) is 2. The van der Waals surface area contributed by atoms with E-state index in [1.165, 1.54) is 0 Å². The smallest absolute Gasteiger partial charge is 0.253 e. The van der Waals surface area contributed by atoms with Crippen molar-refractivity contribution in [1.82, 2.24) is 15.6 Å². The molecule has 0 aliphatic heterocycles. The SMILES string of the molecule is CCNCc1ccncc1C(=O)NCC. The topological polar surface area (TPSA) is 54.0 Å². The first-order chi connectivity index (χ1) is 7.29. The maximum Gasteiger partial charge on any atom is 0.253 e. The van der Waals surface area contributed by atoms with Crippen molar-refractivity contribution < 1.29 is 4.79 Å². The zero-order chi connectivity index (χ0) is 11.1. The minimum absolute atomic E-state index is 0.0569. The number of aromatic nitrogens is 1. The van der Waals surface area contributed by atoms with E-state index in [1.54, 1.807) is 12.4 Å². The molecule has 0 unspecified atom stereocenters. The fourth-order valence-corrected chi connectivity index (χ4v) is 1.30. The summed E-state index contributed by atoms with van der Waals surface area (Å²) in [6.07, 6.45) is 3.31. The van der Waals surface area contributed by atoms with E-state index in [0.717, 1.165) is 12.1 Å². The molecule has 1 aromatic heterocycles. The van der Waals surface area contributed by atoms with Crippen molar-refractivity contribution in [2.45, 2.75) is 20.4 Å². The highest BCUT2D eigenvalue weighted by Gasteiger charge is 2.09. The zero-order valence-electron chi connectivity index (χ0n) is 9.21. The van der Waals surface area contributed by atoms with Gasteiger partial charge in [0, 0.05) is 25.5 Å². The molecule has 0 spiro atoms. The Bertz CT molecular complexity index is 325. The summed E-state index contributed by atoms with van der Waals surface area (Å²) in [5.41, 5.74) is 1.64. The molecule has 0 bridgehead atoms. The molecule has 0 saturated carbocycles. The summed E-state index contributed by atoms with van der Waals surface area (Å²) >= 11 is 0. The van der Waals surface area contributed by atoms with E-state index in [2.05, 4.69) is 15.6 Å². The second kappa shape index (κ2) is 6.14. The minimum Gasteiger partial charge on any atom is -0.352 e. The Balaban J connectivity index is 2.80. The number of carbonyl (C=O) groups excluding carboxylic acids is 1. The molecule has 15 heavy (non-hydrogen) atoms. The van der Waals surface area contributed by atoms with E-state index >= 15 is 0 Å². The van der Waals surface area contributed by atoms with Crippen LogP contribution in [0.1, 0.15) is 29.8 Å². The Labute approximate surface area is 90.1 Å². The van der Waals surface area contributed by atoms with Gasteiger partial charge < -0.3 is 10.6 Å².